The van der Waals surface area contributed by atoms with Gasteiger partial charge in [-0.25, -0.2) is 0 Å². The van der Waals surface area contributed by atoms with Gasteiger partial charge in [0.05, 0.1) is 6.54 Å². The maximum atomic E-state index is 12.4. The Labute approximate surface area is 146 Å². The second-order valence-electron chi connectivity index (χ2n) is 6.22. The van der Waals surface area contributed by atoms with E-state index in [-0.39, 0.29) is 11.8 Å². The van der Waals surface area contributed by atoms with E-state index in [4.69, 9.17) is 11.6 Å². The van der Waals surface area contributed by atoms with Crippen LogP contribution in [0, 0.1) is 12.8 Å². The number of anilines is 1. The SMILES string of the molecule is Cc1ccc(CNC(=O)C2CCN(c3ccc(Cl)nn3)CC2)n1C. The molecule has 1 N–H and O–H groups in total. The zero-order chi connectivity index (χ0) is 17.1. The van der Waals surface area contributed by atoms with Crippen LogP contribution < -0.4 is 10.2 Å². The minimum Gasteiger partial charge on any atom is -0.355 e. The van der Waals surface area contributed by atoms with Crippen molar-refractivity contribution in [1.82, 2.24) is 20.1 Å². The van der Waals surface area contributed by atoms with Crippen molar-refractivity contribution >= 4 is 23.3 Å². The Hall–Kier alpha value is -2.08. The number of carbonyl (C=O) groups is 1. The molecule has 2 aromatic heterocycles. The van der Waals surface area contributed by atoms with Crippen molar-refractivity contribution in [3.05, 3.63) is 40.8 Å². The zero-order valence-corrected chi connectivity index (χ0v) is 14.8. The molecule has 1 fully saturated rings. The van der Waals surface area contributed by atoms with Gasteiger partial charge in [0.15, 0.2) is 11.0 Å². The molecule has 0 unspecified atom stereocenters. The van der Waals surface area contributed by atoms with Gasteiger partial charge in [0.2, 0.25) is 5.91 Å². The highest BCUT2D eigenvalue weighted by Gasteiger charge is 2.25. The van der Waals surface area contributed by atoms with Gasteiger partial charge in [0.25, 0.3) is 0 Å². The third-order valence-electron chi connectivity index (χ3n) is 4.73. The predicted octanol–water partition coefficient (Wildman–Crippen LogP) is 2.31. The summed E-state index contributed by atoms with van der Waals surface area (Å²) in [5.74, 6) is 1.01. The van der Waals surface area contributed by atoms with Gasteiger partial charge < -0.3 is 14.8 Å². The molecule has 0 aromatic carbocycles. The molecule has 0 spiro atoms. The summed E-state index contributed by atoms with van der Waals surface area (Å²) in [7, 11) is 2.02. The van der Waals surface area contributed by atoms with Crippen molar-refractivity contribution in [2.45, 2.75) is 26.3 Å². The smallest absolute Gasteiger partial charge is 0.223 e. The molecule has 6 nitrogen and oxygen atoms in total. The number of nitrogens with one attached hydrogen (secondary N) is 1. The average molecular weight is 348 g/mol. The normalized spacial score (nSPS) is 15.5. The summed E-state index contributed by atoms with van der Waals surface area (Å²) in [6.07, 6.45) is 1.64. The first-order chi connectivity index (χ1) is 11.5. The summed E-state index contributed by atoms with van der Waals surface area (Å²) >= 11 is 5.77. The summed E-state index contributed by atoms with van der Waals surface area (Å²) in [5.41, 5.74) is 2.31. The lowest BCUT2D eigenvalue weighted by Crippen LogP contribution is -2.40. The molecule has 3 rings (SSSR count). The summed E-state index contributed by atoms with van der Waals surface area (Å²) in [5, 5.41) is 11.4. The Morgan fingerprint density at radius 2 is 2.00 bits per heavy atom. The second-order valence-corrected chi connectivity index (χ2v) is 6.61. The van der Waals surface area contributed by atoms with E-state index >= 15 is 0 Å². The molecule has 0 aliphatic carbocycles. The van der Waals surface area contributed by atoms with Crippen LogP contribution in [-0.4, -0.2) is 33.8 Å². The predicted molar refractivity (Wildman–Crippen MR) is 94.0 cm³/mol. The van der Waals surface area contributed by atoms with Crippen LogP contribution in [0.2, 0.25) is 5.15 Å². The molecule has 1 saturated heterocycles. The molecule has 0 saturated carbocycles. The van der Waals surface area contributed by atoms with Gasteiger partial charge in [-0.15, -0.1) is 10.2 Å². The number of hydrogen-bond donors (Lipinski definition) is 1. The minimum absolute atomic E-state index is 0.0582. The van der Waals surface area contributed by atoms with Gasteiger partial charge in [-0.3, -0.25) is 4.79 Å². The zero-order valence-electron chi connectivity index (χ0n) is 14.0. The van der Waals surface area contributed by atoms with Crippen molar-refractivity contribution in [2.24, 2.45) is 13.0 Å². The van der Waals surface area contributed by atoms with Crippen molar-refractivity contribution in [2.75, 3.05) is 18.0 Å². The molecule has 24 heavy (non-hydrogen) atoms. The molecule has 2 aromatic rings. The largest absolute Gasteiger partial charge is 0.355 e. The number of piperidine rings is 1. The lowest BCUT2D eigenvalue weighted by atomic mass is 9.96. The number of rotatable bonds is 4. The Morgan fingerprint density at radius 3 is 2.58 bits per heavy atom. The van der Waals surface area contributed by atoms with Crippen molar-refractivity contribution in [3.8, 4) is 0 Å². The van der Waals surface area contributed by atoms with E-state index in [2.05, 4.69) is 44.0 Å². The van der Waals surface area contributed by atoms with Crippen LogP contribution in [0.3, 0.4) is 0 Å². The van der Waals surface area contributed by atoms with E-state index < -0.39 is 0 Å². The number of carbonyl (C=O) groups excluding carboxylic acids is 1. The fourth-order valence-corrected chi connectivity index (χ4v) is 3.12. The number of nitrogens with zero attached hydrogens (tertiary/aromatic N) is 4. The topological polar surface area (TPSA) is 63.1 Å². The van der Waals surface area contributed by atoms with Crippen LogP contribution in [0.15, 0.2) is 24.3 Å². The van der Waals surface area contributed by atoms with E-state index in [1.807, 2.05) is 13.1 Å². The van der Waals surface area contributed by atoms with Crippen molar-refractivity contribution in [3.63, 3.8) is 0 Å². The van der Waals surface area contributed by atoms with E-state index in [0.29, 0.717) is 11.7 Å². The molecule has 128 valence electrons. The van der Waals surface area contributed by atoms with Gasteiger partial charge in [-0.1, -0.05) is 11.6 Å². The maximum absolute atomic E-state index is 12.4. The van der Waals surface area contributed by atoms with Crippen LogP contribution in [-0.2, 0) is 18.4 Å². The molecular weight excluding hydrogens is 326 g/mol. The standard InChI is InChI=1S/C17H22ClN5O/c1-12-3-4-14(22(12)2)11-19-17(24)13-7-9-23(10-8-13)16-6-5-15(18)20-21-16/h3-6,13H,7-11H2,1-2H3,(H,19,24). The van der Waals surface area contributed by atoms with E-state index in [1.54, 1.807) is 6.07 Å². The fourth-order valence-electron chi connectivity index (χ4n) is 3.01. The first kappa shape index (κ1) is 16.8. The summed E-state index contributed by atoms with van der Waals surface area (Å²) in [6.45, 7) is 4.24. The molecule has 1 aliphatic rings. The first-order valence-corrected chi connectivity index (χ1v) is 8.55. The lowest BCUT2D eigenvalue weighted by Gasteiger charge is -2.31. The van der Waals surface area contributed by atoms with Gasteiger partial charge in [-0.05, 0) is 44.0 Å². The lowest BCUT2D eigenvalue weighted by molar-refractivity contribution is -0.125. The summed E-state index contributed by atoms with van der Waals surface area (Å²) in [4.78, 5) is 14.5. The molecule has 3 heterocycles. The molecular formula is C17H22ClN5O. The Bertz CT molecular complexity index is 704. The molecule has 1 amide bonds. The van der Waals surface area contributed by atoms with Gasteiger partial charge in [0.1, 0.15) is 0 Å². The van der Waals surface area contributed by atoms with Gasteiger partial charge in [0, 0.05) is 37.4 Å². The fraction of sp³-hybridized carbons (Fsp3) is 0.471. The molecule has 0 atom stereocenters. The van der Waals surface area contributed by atoms with Crippen LogP contribution in [0.5, 0.6) is 0 Å². The third kappa shape index (κ3) is 3.70. The highest BCUT2D eigenvalue weighted by Crippen LogP contribution is 2.22. The number of aromatic nitrogens is 3. The number of amides is 1. The van der Waals surface area contributed by atoms with Crippen LogP contribution in [0.25, 0.3) is 0 Å². The summed E-state index contributed by atoms with van der Waals surface area (Å²) < 4.78 is 2.10. The highest BCUT2D eigenvalue weighted by atomic mass is 35.5. The number of halogens is 1. The van der Waals surface area contributed by atoms with Gasteiger partial charge >= 0.3 is 0 Å². The number of hydrogen-bond acceptors (Lipinski definition) is 4. The molecule has 7 heteroatoms. The maximum Gasteiger partial charge on any atom is 0.223 e. The molecule has 1 aliphatic heterocycles. The van der Waals surface area contributed by atoms with E-state index in [9.17, 15) is 4.79 Å². The van der Waals surface area contributed by atoms with Crippen LogP contribution >= 0.6 is 11.6 Å². The quantitative estimate of drug-likeness (QED) is 0.921. The molecule has 0 bridgehead atoms. The number of aryl methyl sites for hydroxylation is 1. The third-order valence-corrected chi connectivity index (χ3v) is 4.93. The summed E-state index contributed by atoms with van der Waals surface area (Å²) in [6, 6.07) is 7.72. The van der Waals surface area contributed by atoms with E-state index in [1.165, 1.54) is 5.69 Å². The second kappa shape index (κ2) is 7.21. The monoisotopic (exact) mass is 347 g/mol. The van der Waals surface area contributed by atoms with E-state index in [0.717, 1.165) is 37.4 Å². The van der Waals surface area contributed by atoms with Crippen LogP contribution in [0.1, 0.15) is 24.2 Å². The average Bonchev–Trinajstić information content (AvgIpc) is 2.92. The minimum atomic E-state index is 0.0582. The first-order valence-electron chi connectivity index (χ1n) is 8.17. The van der Waals surface area contributed by atoms with Crippen LogP contribution in [0.4, 0.5) is 5.82 Å². The van der Waals surface area contributed by atoms with Crippen molar-refractivity contribution < 1.29 is 4.79 Å². The van der Waals surface area contributed by atoms with Crippen molar-refractivity contribution in [1.29, 1.82) is 0 Å². The van der Waals surface area contributed by atoms with Gasteiger partial charge in [-0.2, -0.15) is 0 Å². The highest BCUT2D eigenvalue weighted by molar-refractivity contribution is 6.29. The Balaban J connectivity index is 1.50. The Kier molecular flexibility index (Phi) is 5.04. The Morgan fingerprint density at radius 1 is 1.25 bits per heavy atom. The molecule has 0 radical (unpaired) electrons.